The molecule has 1 aromatic carbocycles. The van der Waals surface area contributed by atoms with Gasteiger partial charge in [-0.25, -0.2) is 4.39 Å². The summed E-state index contributed by atoms with van der Waals surface area (Å²) in [5.74, 6) is -0.249. The largest absolute Gasteiger partial charge is 0.314 e. The molecular weight excluding hydrogens is 217 g/mol. The number of rotatable bonds is 2. The molecule has 0 radical (unpaired) electrons. The lowest BCUT2D eigenvalue weighted by atomic mass is 9.99. The van der Waals surface area contributed by atoms with Gasteiger partial charge in [0.15, 0.2) is 5.82 Å². The number of H-pyrrole nitrogens is 1. The molecule has 3 rings (SSSR count). The van der Waals surface area contributed by atoms with Crippen LogP contribution in [0.15, 0.2) is 18.2 Å². The quantitative estimate of drug-likeness (QED) is 0.836. The Hall–Kier alpha value is -1.42. The Morgan fingerprint density at radius 2 is 2.29 bits per heavy atom. The Morgan fingerprint density at radius 1 is 1.35 bits per heavy atom. The summed E-state index contributed by atoms with van der Waals surface area (Å²) < 4.78 is 13.5. The van der Waals surface area contributed by atoms with Gasteiger partial charge >= 0.3 is 0 Å². The van der Waals surface area contributed by atoms with Gasteiger partial charge in [0.05, 0.1) is 0 Å². The molecule has 17 heavy (non-hydrogen) atoms. The molecule has 0 amide bonds. The fourth-order valence-corrected chi connectivity index (χ4v) is 2.56. The number of nitrogens with one attached hydrogen (secondary N) is 2. The molecule has 1 fully saturated rings. The number of benzene rings is 1. The molecule has 0 bridgehead atoms. The molecule has 1 saturated heterocycles. The summed E-state index contributed by atoms with van der Waals surface area (Å²) >= 11 is 0. The van der Waals surface area contributed by atoms with Crippen molar-refractivity contribution in [2.45, 2.75) is 31.7 Å². The van der Waals surface area contributed by atoms with Gasteiger partial charge < -0.3 is 5.32 Å². The van der Waals surface area contributed by atoms with Crippen LogP contribution in [0.5, 0.6) is 0 Å². The average Bonchev–Trinajstić information content (AvgIpc) is 2.76. The zero-order valence-corrected chi connectivity index (χ0v) is 9.67. The molecule has 1 atom stereocenters. The van der Waals surface area contributed by atoms with Crippen molar-refractivity contribution in [2.24, 2.45) is 0 Å². The van der Waals surface area contributed by atoms with Crippen molar-refractivity contribution >= 4 is 10.9 Å². The summed E-state index contributed by atoms with van der Waals surface area (Å²) in [4.78, 5) is 0. The number of halogens is 1. The standard InChI is InChI=1S/C13H16FN3/c14-11-6-3-5-10-12(16-17-13(10)11)8-9-4-1-2-7-15-9/h3,5-6,9,15H,1-2,4,7-8H2,(H,16,17). The highest BCUT2D eigenvalue weighted by molar-refractivity contribution is 5.81. The maximum Gasteiger partial charge on any atom is 0.151 e. The normalized spacial score (nSPS) is 20.9. The van der Waals surface area contributed by atoms with Crippen molar-refractivity contribution in [3.8, 4) is 0 Å². The fourth-order valence-electron chi connectivity index (χ4n) is 2.56. The minimum Gasteiger partial charge on any atom is -0.314 e. The first-order valence-electron chi connectivity index (χ1n) is 6.19. The minimum atomic E-state index is -0.249. The van der Waals surface area contributed by atoms with Gasteiger partial charge in [-0.3, -0.25) is 5.10 Å². The molecule has 1 unspecified atom stereocenters. The van der Waals surface area contributed by atoms with Crippen LogP contribution in [0.1, 0.15) is 25.0 Å². The third kappa shape index (κ3) is 2.05. The summed E-state index contributed by atoms with van der Waals surface area (Å²) in [5.41, 5.74) is 1.50. The molecule has 2 aromatic rings. The van der Waals surface area contributed by atoms with Crippen LogP contribution >= 0.6 is 0 Å². The number of fused-ring (bicyclic) bond motifs is 1. The molecule has 0 aliphatic carbocycles. The molecule has 0 spiro atoms. The first-order chi connectivity index (χ1) is 8.34. The number of aromatic amines is 1. The zero-order valence-electron chi connectivity index (χ0n) is 9.67. The van der Waals surface area contributed by atoms with E-state index in [0.717, 1.165) is 24.0 Å². The van der Waals surface area contributed by atoms with Gasteiger partial charge in [-0.1, -0.05) is 18.6 Å². The highest BCUT2D eigenvalue weighted by atomic mass is 19.1. The van der Waals surface area contributed by atoms with Crippen LogP contribution in [0, 0.1) is 5.82 Å². The molecule has 3 nitrogen and oxygen atoms in total. The molecule has 1 aromatic heterocycles. The van der Waals surface area contributed by atoms with Gasteiger partial charge in [-0.2, -0.15) is 5.10 Å². The van der Waals surface area contributed by atoms with E-state index < -0.39 is 0 Å². The molecule has 1 aliphatic heterocycles. The topological polar surface area (TPSA) is 40.7 Å². The van der Waals surface area contributed by atoms with E-state index >= 15 is 0 Å². The number of para-hydroxylation sites is 1. The predicted molar refractivity (Wildman–Crippen MR) is 65.4 cm³/mol. The summed E-state index contributed by atoms with van der Waals surface area (Å²) in [5, 5.41) is 11.4. The molecule has 0 saturated carbocycles. The third-order valence-corrected chi connectivity index (χ3v) is 3.48. The lowest BCUT2D eigenvalue weighted by molar-refractivity contribution is 0.397. The molecular formula is C13H16FN3. The van der Waals surface area contributed by atoms with Crippen molar-refractivity contribution in [3.63, 3.8) is 0 Å². The smallest absolute Gasteiger partial charge is 0.151 e. The van der Waals surface area contributed by atoms with Crippen LogP contribution in [-0.2, 0) is 6.42 Å². The Morgan fingerprint density at radius 3 is 3.12 bits per heavy atom. The Labute approximate surface area is 99.4 Å². The van der Waals surface area contributed by atoms with Gasteiger partial charge in [0, 0.05) is 23.5 Å². The maximum absolute atomic E-state index is 13.5. The van der Waals surface area contributed by atoms with Crippen LogP contribution in [0.25, 0.3) is 10.9 Å². The van der Waals surface area contributed by atoms with Crippen LogP contribution in [0.3, 0.4) is 0 Å². The lowest BCUT2D eigenvalue weighted by Crippen LogP contribution is -2.35. The van der Waals surface area contributed by atoms with E-state index in [2.05, 4.69) is 15.5 Å². The lowest BCUT2D eigenvalue weighted by Gasteiger charge is -2.22. The Bertz CT molecular complexity index is 514. The summed E-state index contributed by atoms with van der Waals surface area (Å²) in [7, 11) is 0. The van der Waals surface area contributed by atoms with Crippen molar-refractivity contribution in [2.75, 3.05) is 6.54 Å². The molecule has 1 aliphatic rings. The number of aromatic nitrogens is 2. The van der Waals surface area contributed by atoms with Crippen LogP contribution in [-0.4, -0.2) is 22.8 Å². The van der Waals surface area contributed by atoms with Crippen molar-refractivity contribution in [1.29, 1.82) is 0 Å². The van der Waals surface area contributed by atoms with Crippen LogP contribution in [0.4, 0.5) is 4.39 Å². The minimum absolute atomic E-state index is 0.249. The van der Waals surface area contributed by atoms with E-state index in [9.17, 15) is 4.39 Å². The first-order valence-corrected chi connectivity index (χ1v) is 6.19. The molecule has 2 N–H and O–H groups in total. The highest BCUT2D eigenvalue weighted by Crippen LogP contribution is 2.21. The zero-order chi connectivity index (χ0) is 11.7. The van der Waals surface area contributed by atoms with E-state index in [0.29, 0.717) is 11.6 Å². The van der Waals surface area contributed by atoms with Crippen molar-refractivity contribution < 1.29 is 4.39 Å². The van der Waals surface area contributed by atoms with E-state index in [1.165, 1.54) is 25.3 Å². The van der Waals surface area contributed by atoms with Gasteiger partial charge in [-0.15, -0.1) is 0 Å². The van der Waals surface area contributed by atoms with E-state index in [-0.39, 0.29) is 5.82 Å². The van der Waals surface area contributed by atoms with Crippen molar-refractivity contribution in [1.82, 2.24) is 15.5 Å². The number of piperidine rings is 1. The van der Waals surface area contributed by atoms with E-state index in [1.807, 2.05) is 6.07 Å². The average molecular weight is 233 g/mol. The Kier molecular flexibility index (Phi) is 2.81. The SMILES string of the molecule is Fc1cccc2c(CC3CCCCN3)[nH]nc12. The molecule has 90 valence electrons. The van der Waals surface area contributed by atoms with E-state index in [1.54, 1.807) is 6.07 Å². The van der Waals surface area contributed by atoms with E-state index in [4.69, 9.17) is 0 Å². The number of nitrogens with zero attached hydrogens (tertiary/aromatic N) is 1. The highest BCUT2D eigenvalue weighted by Gasteiger charge is 2.16. The number of hydrogen-bond acceptors (Lipinski definition) is 2. The molecule has 2 heterocycles. The predicted octanol–water partition coefficient (Wildman–Crippen LogP) is 2.39. The van der Waals surface area contributed by atoms with Gasteiger partial charge in [0.25, 0.3) is 0 Å². The van der Waals surface area contributed by atoms with Crippen LogP contribution in [0.2, 0.25) is 0 Å². The van der Waals surface area contributed by atoms with Crippen molar-refractivity contribution in [3.05, 3.63) is 29.7 Å². The summed E-state index contributed by atoms with van der Waals surface area (Å²) in [6, 6.07) is 5.62. The fraction of sp³-hybridized carbons (Fsp3) is 0.462. The molecule has 4 heteroatoms. The summed E-state index contributed by atoms with van der Waals surface area (Å²) in [6.45, 7) is 1.09. The maximum atomic E-state index is 13.5. The second-order valence-corrected chi connectivity index (χ2v) is 4.69. The third-order valence-electron chi connectivity index (χ3n) is 3.48. The van der Waals surface area contributed by atoms with Crippen LogP contribution < -0.4 is 5.32 Å². The van der Waals surface area contributed by atoms with Gasteiger partial charge in [0.2, 0.25) is 0 Å². The second kappa shape index (κ2) is 4.45. The van der Waals surface area contributed by atoms with Gasteiger partial charge in [-0.05, 0) is 25.5 Å². The second-order valence-electron chi connectivity index (χ2n) is 4.69. The number of hydrogen-bond donors (Lipinski definition) is 2. The Balaban J connectivity index is 1.87. The monoisotopic (exact) mass is 233 g/mol. The van der Waals surface area contributed by atoms with Gasteiger partial charge in [0.1, 0.15) is 5.52 Å². The first kappa shape index (κ1) is 10.7. The summed E-state index contributed by atoms with van der Waals surface area (Å²) in [6.07, 6.45) is 4.63.